The van der Waals surface area contributed by atoms with E-state index in [1.54, 1.807) is 11.7 Å². The summed E-state index contributed by atoms with van der Waals surface area (Å²) in [6.45, 7) is 5.78. The monoisotopic (exact) mass is 772 g/mol. The van der Waals surface area contributed by atoms with Crippen molar-refractivity contribution in [1.29, 1.82) is 0 Å². The minimum absolute atomic E-state index is 0.0830. The van der Waals surface area contributed by atoms with Crippen LogP contribution in [0.5, 0.6) is 5.88 Å². The molecule has 2 atom stereocenters. The molecule has 1 unspecified atom stereocenters. The highest BCUT2D eigenvalue weighted by molar-refractivity contribution is 7.92. The quantitative estimate of drug-likeness (QED) is 0.154. The normalized spacial score (nSPS) is 17.0. The SMILES string of the molecule is CN(C(=O)OC(C)(C)C)[C@@H]1COc2c(S(=O)(=NC(c3ccccc3)(c3ccccc3)c3ccccc3)NC(=O)Nc3c4c(cc5c3CCC5)CCC4)cnn2C1. The smallest absolute Gasteiger partial charge is 0.410 e. The van der Waals surface area contributed by atoms with Gasteiger partial charge in [-0.1, -0.05) is 97.1 Å². The highest BCUT2D eigenvalue weighted by atomic mass is 32.2. The van der Waals surface area contributed by atoms with Crippen LogP contribution in [0.4, 0.5) is 15.3 Å². The lowest BCUT2D eigenvalue weighted by molar-refractivity contribution is 0.0101. The van der Waals surface area contributed by atoms with Crippen molar-refractivity contribution in [2.24, 2.45) is 4.36 Å². The molecule has 3 amide bonds. The summed E-state index contributed by atoms with van der Waals surface area (Å²) in [5, 5.41) is 7.81. The van der Waals surface area contributed by atoms with Crippen molar-refractivity contribution in [2.45, 2.75) is 87.9 Å². The molecule has 0 fully saturated rings. The second-order valence-corrected chi connectivity index (χ2v) is 17.6. The average molecular weight is 773 g/mol. The Bertz CT molecular complexity index is 2250. The second-order valence-electron chi connectivity index (χ2n) is 15.8. The molecule has 3 aliphatic rings. The molecule has 2 N–H and O–H groups in total. The summed E-state index contributed by atoms with van der Waals surface area (Å²) in [6, 6.07) is 30.4. The molecule has 1 aromatic heterocycles. The first-order chi connectivity index (χ1) is 26.9. The van der Waals surface area contributed by atoms with Crippen molar-refractivity contribution in [3.8, 4) is 5.88 Å². The third kappa shape index (κ3) is 7.02. The van der Waals surface area contributed by atoms with Gasteiger partial charge in [0.1, 0.15) is 22.6 Å². The highest BCUT2D eigenvalue weighted by Gasteiger charge is 2.41. The zero-order valence-corrected chi connectivity index (χ0v) is 33.1. The Morgan fingerprint density at radius 1 is 0.857 bits per heavy atom. The van der Waals surface area contributed by atoms with E-state index in [9.17, 15) is 9.59 Å². The van der Waals surface area contributed by atoms with E-state index in [1.807, 2.05) is 112 Å². The predicted octanol–water partition coefficient (Wildman–Crippen LogP) is 8.04. The lowest BCUT2D eigenvalue weighted by atomic mass is 9.78. The topological polar surface area (TPSA) is 127 Å². The number of carbonyl (C=O) groups excluding carboxylic acids is 2. The van der Waals surface area contributed by atoms with Gasteiger partial charge in [-0.3, -0.25) is 0 Å². The first kappa shape index (κ1) is 37.3. The number of fused-ring (bicyclic) bond motifs is 3. The molecule has 0 spiro atoms. The third-order valence-electron chi connectivity index (χ3n) is 10.9. The Kier molecular flexibility index (Phi) is 9.86. The number of hydrogen-bond acceptors (Lipinski definition) is 7. The summed E-state index contributed by atoms with van der Waals surface area (Å²) in [5.74, 6) is 0.206. The maximum atomic E-state index is 16.2. The summed E-state index contributed by atoms with van der Waals surface area (Å²) >= 11 is 0. The van der Waals surface area contributed by atoms with Gasteiger partial charge in [-0.15, -0.1) is 0 Å². The van der Waals surface area contributed by atoms with Crippen LogP contribution in [0.1, 0.15) is 72.6 Å². The maximum Gasteiger partial charge on any atom is 0.410 e. The molecule has 0 saturated carbocycles. The fraction of sp³-hybridized carbons (Fsp3) is 0.341. The number of ether oxygens (including phenoxy) is 2. The number of likely N-dealkylation sites (N-methyl/N-ethyl adjacent to an activating group) is 1. The summed E-state index contributed by atoms with van der Waals surface area (Å²) < 4.78 is 38.1. The number of anilines is 1. The van der Waals surface area contributed by atoms with E-state index in [0.717, 1.165) is 72.0 Å². The summed E-state index contributed by atoms with van der Waals surface area (Å²) in [6.07, 6.45) is 6.72. The number of rotatable bonds is 8. The summed E-state index contributed by atoms with van der Waals surface area (Å²) in [7, 11) is -2.28. The fourth-order valence-electron chi connectivity index (χ4n) is 8.22. The minimum atomic E-state index is -3.94. The number of nitrogens with zero attached hydrogens (tertiary/aromatic N) is 4. The van der Waals surface area contributed by atoms with Crippen molar-refractivity contribution in [1.82, 2.24) is 19.4 Å². The molecule has 11 nitrogen and oxygen atoms in total. The van der Waals surface area contributed by atoms with E-state index in [4.69, 9.17) is 13.8 Å². The van der Waals surface area contributed by atoms with Crippen molar-refractivity contribution >= 4 is 27.7 Å². The number of urea groups is 1. The average Bonchev–Trinajstić information content (AvgIpc) is 3.97. The van der Waals surface area contributed by atoms with Gasteiger partial charge in [0.05, 0.1) is 18.8 Å². The van der Waals surface area contributed by atoms with Crippen molar-refractivity contribution in [3.05, 3.63) is 142 Å². The standard InChI is InChI=1S/C44H48N6O5S/c1-43(2,3)55-42(52)49(4)35-28-50-40(54-29-35)38(27-45-50)56(53,47-41(51)46-39-36-24-14-16-30(36)26-31-17-15-25-37(31)39)48-44(32-18-8-5-9-19-32,33-20-10-6-11-21-33)34-22-12-7-13-23-34/h5-13,18-23,26-27,35H,14-17,24-25,28-29H2,1-4H3,(H2,46,47,48,51,53)/t35-,56?/m0/s1. The first-order valence-corrected chi connectivity index (χ1v) is 20.8. The van der Waals surface area contributed by atoms with Gasteiger partial charge in [0, 0.05) is 12.7 Å². The molecular weight excluding hydrogens is 725 g/mol. The van der Waals surface area contributed by atoms with Crippen LogP contribution in [0, 0.1) is 0 Å². The lowest BCUT2D eigenvalue weighted by Crippen LogP contribution is -2.48. The zero-order chi connectivity index (χ0) is 39.1. The summed E-state index contributed by atoms with van der Waals surface area (Å²) in [5.41, 5.74) is 5.92. The molecule has 0 saturated heterocycles. The third-order valence-corrected chi connectivity index (χ3v) is 12.7. The van der Waals surface area contributed by atoms with Gasteiger partial charge >= 0.3 is 12.1 Å². The number of amides is 3. The molecule has 4 aromatic carbocycles. The van der Waals surface area contributed by atoms with Gasteiger partial charge in [0.25, 0.3) is 0 Å². The number of aryl methyl sites for hydroxylation is 2. The molecule has 0 radical (unpaired) electrons. The number of hydrogen-bond donors (Lipinski definition) is 2. The molecule has 56 heavy (non-hydrogen) atoms. The molecule has 290 valence electrons. The molecule has 0 bridgehead atoms. The predicted molar refractivity (Wildman–Crippen MR) is 216 cm³/mol. The fourth-order valence-corrected chi connectivity index (χ4v) is 10.1. The van der Waals surface area contributed by atoms with Crippen LogP contribution >= 0.6 is 0 Å². The number of carbonyl (C=O) groups is 2. The van der Waals surface area contributed by atoms with E-state index >= 15 is 4.21 Å². The Balaban J connectivity index is 1.28. The van der Waals surface area contributed by atoms with Crippen LogP contribution in [0.15, 0.2) is 113 Å². The maximum absolute atomic E-state index is 16.2. The van der Waals surface area contributed by atoms with Gasteiger partial charge < -0.3 is 19.7 Å². The first-order valence-electron chi connectivity index (χ1n) is 19.3. The van der Waals surface area contributed by atoms with E-state index < -0.39 is 39.2 Å². The van der Waals surface area contributed by atoms with E-state index in [-0.39, 0.29) is 23.9 Å². The van der Waals surface area contributed by atoms with E-state index in [1.165, 1.54) is 22.2 Å². The second kappa shape index (κ2) is 14.8. The van der Waals surface area contributed by atoms with Crippen LogP contribution in [0.25, 0.3) is 0 Å². The van der Waals surface area contributed by atoms with Gasteiger partial charge in [-0.05, 0) is 98.2 Å². The molecule has 2 heterocycles. The van der Waals surface area contributed by atoms with Crippen LogP contribution in [-0.4, -0.2) is 56.3 Å². The molecular formula is C44H48N6O5S. The van der Waals surface area contributed by atoms with Gasteiger partial charge in [-0.25, -0.2) is 23.2 Å². The van der Waals surface area contributed by atoms with Crippen LogP contribution in [0.3, 0.4) is 0 Å². The molecule has 5 aromatic rings. The van der Waals surface area contributed by atoms with Gasteiger partial charge in [0.15, 0.2) is 9.92 Å². The van der Waals surface area contributed by atoms with Crippen LogP contribution in [-0.2, 0) is 52.4 Å². The Morgan fingerprint density at radius 3 is 1.91 bits per heavy atom. The molecule has 2 aliphatic carbocycles. The Labute approximate surface area is 328 Å². The van der Waals surface area contributed by atoms with E-state index in [0.29, 0.717) is 0 Å². The number of benzene rings is 4. The Morgan fingerprint density at radius 2 is 1.39 bits per heavy atom. The van der Waals surface area contributed by atoms with Crippen LogP contribution < -0.4 is 14.8 Å². The van der Waals surface area contributed by atoms with Gasteiger partial charge in [0.2, 0.25) is 5.88 Å². The highest BCUT2D eigenvalue weighted by Crippen LogP contribution is 2.44. The Hall–Kier alpha value is -5.62. The van der Waals surface area contributed by atoms with Gasteiger partial charge in [-0.2, -0.15) is 9.46 Å². The molecule has 12 heteroatoms. The summed E-state index contributed by atoms with van der Waals surface area (Å²) in [4.78, 5) is 29.2. The number of aromatic nitrogens is 2. The van der Waals surface area contributed by atoms with Crippen molar-refractivity contribution in [2.75, 3.05) is 19.0 Å². The zero-order valence-electron chi connectivity index (χ0n) is 32.3. The minimum Gasteiger partial charge on any atom is -0.475 e. The largest absolute Gasteiger partial charge is 0.475 e. The van der Waals surface area contributed by atoms with Crippen molar-refractivity contribution < 1.29 is 23.3 Å². The lowest BCUT2D eigenvalue weighted by Gasteiger charge is -2.34. The molecule has 1 aliphatic heterocycles. The van der Waals surface area contributed by atoms with E-state index in [2.05, 4.69) is 21.2 Å². The van der Waals surface area contributed by atoms with Crippen LogP contribution in [0.2, 0.25) is 0 Å². The molecule has 8 rings (SSSR count). The van der Waals surface area contributed by atoms with Crippen molar-refractivity contribution in [3.63, 3.8) is 0 Å². The number of nitrogens with one attached hydrogen (secondary N) is 2.